The summed E-state index contributed by atoms with van der Waals surface area (Å²) in [6.07, 6.45) is 0.859. The molecule has 2 rings (SSSR count). The van der Waals surface area contributed by atoms with E-state index in [1.807, 2.05) is 51.0 Å². The number of hydrogen-bond acceptors (Lipinski definition) is 4. The Bertz CT molecular complexity index is 554. The van der Waals surface area contributed by atoms with Crippen molar-refractivity contribution in [1.29, 1.82) is 0 Å². The Morgan fingerprint density at radius 3 is 2.54 bits per heavy atom. The van der Waals surface area contributed by atoms with Crippen LogP contribution in [-0.4, -0.2) is 55.4 Å². The van der Waals surface area contributed by atoms with Crippen LogP contribution >= 0.6 is 0 Å². The molecule has 1 aliphatic rings. The molecular formula is C18H29N3O3. The van der Waals surface area contributed by atoms with E-state index in [9.17, 15) is 9.90 Å². The summed E-state index contributed by atoms with van der Waals surface area (Å²) in [5, 5.41) is 13.0. The Morgan fingerprint density at radius 2 is 2.00 bits per heavy atom. The Labute approximate surface area is 144 Å². The molecule has 0 bridgehead atoms. The molecule has 6 heteroatoms. The molecule has 0 radical (unpaired) electrons. The first-order valence-corrected chi connectivity index (χ1v) is 8.56. The quantitative estimate of drug-likeness (QED) is 0.837. The van der Waals surface area contributed by atoms with Crippen LogP contribution in [0.25, 0.3) is 0 Å². The summed E-state index contributed by atoms with van der Waals surface area (Å²) in [6, 6.07) is 5.92. The molecule has 2 N–H and O–H groups in total. The molecule has 134 valence electrons. The van der Waals surface area contributed by atoms with Crippen LogP contribution in [0, 0.1) is 0 Å². The van der Waals surface area contributed by atoms with Crippen LogP contribution in [-0.2, 0) is 6.54 Å². The van der Waals surface area contributed by atoms with Gasteiger partial charge in [0.25, 0.3) is 0 Å². The maximum Gasteiger partial charge on any atom is 0.407 e. The summed E-state index contributed by atoms with van der Waals surface area (Å²) in [4.78, 5) is 15.4. The van der Waals surface area contributed by atoms with Crippen molar-refractivity contribution >= 4 is 11.8 Å². The number of carboxylic acid groups (broad SMARTS) is 1. The second-order valence-electron chi connectivity index (χ2n) is 6.71. The van der Waals surface area contributed by atoms with E-state index in [1.165, 1.54) is 0 Å². The molecule has 0 aliphatic carbocycles. The zero-order valence-electron chi connectivity index (χ0n) is 15.1. The third-order valence-electron chi connectivity index (χ3n) is 4.28. The summed E-state index contributed by atoms with van der Waals surface area (Å²) in [5.41, 5.74) is 1.92. The lowest BCUT2D eigenvalue weighted by atomic mass is 10.0. The number of anilines is 1. The zero-order chi connectivity index (χ0) is 17.7. The monoisotopic (exact) mass is 335 g/mol. The predicted octanol–water partition coefficient (Wildman–Crippen LogP) is 2.77. The zero-order valence-corrected chi connectivity index (χ0v) is 15.1. The molecule has 24 heavy (non-hydrogen) atoms. The van der Waals surface area contributed by atoms with Crippen LogP contribution in [0.15, 0.2) is 18.2 Å². The van der Waals surface area contributed by atoms with Gasteiger partial charge >= 0.3 is 6.09 Å². The minimum absolute atomic E-state index is 0.0401. The minimum atomic E-state index is -0.869. The molecule has 1 aliphatic heterocycles. The number of carbonyl (C=O) groups is 1. The van der Waals surface area contributed by atoms with Crippen molar-refractivity contribution in [1.82, 2.24) is 10.2 Å². The number of ether oxygens (including phenoxy) is 1. The molecule has 0 saturated carbocycles. The van der Waals surface area contributed by atoms with Gasteiger partial charge in [0.15, 0.2) is 0 Å². The van der Waals surface area contributed by atoms with Crippen molar-refractivity contribution in [3.05, 3.63) is 23.8 Å². The Balaban J connectivity index is 2.34. The van der Waals surface area contributed by atoms with Gasteiger partial charge in [-0.2, -0.15) is 0 Å². The summed E-state index contributed by atoms with van der Waals surface area (Å²) in [7, 11) is 3.93. The van der Waals surface area contributed by atoms with Crippen LogP contribution in [0.5, 0.6) is 5.75 Å². The van der Waals surface area contributed by atoms with Crippen molar-refractivity contribution in [3.63, 3.8) is 0 Å². The molecule has 0 atom stereocenters. The normalized spacial score (nSPS) is 15.4. The Hall–Kier alpha value is -1.95. The van der Waals surface area contributed by atoms with Crippen LogP contribution in [0.1, 0.15) is 32.3 Å². The van der Waals surface area contributed by atoms with Gasteiger partial charge in [0.2, 0.25) is 0 Å². The van der Waals surface area contributed by atoms with Crippen molar-refractivity contribution in [3.8, 4) is 5.75 Å². The number of benzene rings is 1. The number of nitrogens with one attached hydrogen (secondary N) is 1. The first-order valence-electron chi connectivity index (χ1n) is 8.56. The maximum atomic E-state index is 11.9. The van der Waals surface area contributed by atoms with Crippen molar-refractivity contribution < 1.29 is 14.6 Å². The summed E-state index contributed by atoms with van der Waals surface area (Å²) in [6.45, 7) is 6.02. The second kappa shape index (κ2) is 8.24. The lowest BCUT2D eigenvalue weighted by Crippen LogP contribution is -2.45. The van der Waals surface area contributed by atoms with Gasteiger partial charge in [0, 0.05) is 31.4 Å². The highest BCUT2D eigenvalue weighted by atomic mass is 16.5. The second-order valence-corrected chi connectivity index (χ2v) is 6.71. The first kappa shape index (κ1) is 18.4. The highest BCUT2D eigenvalue weighted by Crippen LogP contribution is 2.32. The Morgan fingerprint density at radius 1 is 1.33 bits per heavy atom. The molecule has 0 aromatic heterocycles. The molecular weight excluding hydrogens is 306 g/mol. The van der Waals surface area contributed by atoms with E-state index in [4.69, 9.17) is 4.74 Å². The number of amides is 1. The summed E-state index contributed by atoms with van der Waals surface area (Å²) >= 11 is 0. The first-order chi connectivity index (χ1) is 11.4. The average Bonchev–Trinajstić information content (AvgIpc) is 2.53. The van der Waals surface area contributed by atoms with Gasteiger partial charge in [-0.3, -0.25) is 0 Å². The molecule has 0 spiro atoms. The number of hydrogen-bond donors (Lipinski definition) is 2. The molecule has 0 unspecified atom stereocenters. The largest absolute Gasteiger partial charge is 0.491 e. The molecule has 6 nitrogen and oxygen atoms in total. The van der Waals surface area contributed by atoms with Gasteiger partial charge < -0.3 is 25.0 Å². The third-order valence-corrected chi connectivity index (χ3v) is 4.28. The highest BCUT2D eigenvalue weighted by Gasteiger charge is 2.27. The van der Waals surface area contributed by atoms with Crippen LogP contribution in [0.2, 0.25) is 0 Å². The molecule has 1 fully saturated rings. The summed E-state index contributed by atoms with van der Waals surface area (Å²) < 4.78 is 5.95. The number of nitrogens with zero attached hydrogens (tertiary/aromatic N) is 2. The van der Waals surface area contributed by atoms with Gasteiger partial charge in [-0.25, -0.2) is 4.79 Å². The molecule has 1 saturated heterocycles. The maximum absolute atomic E-state index is 11.9. The predicted molar refractivity (Wildman–Crippen MR) is 96.0 cm³/mol. The van der Waals surface area contributed by atoms with E-state index in [1.54, 1.807) is 4.90 Å². The van der Waals surface area contributed by atoms with E-state index < -0.39 is 6.09 Å². The fraction of sp³-hybridized carbons (Fsp3) is 0.611. The van der Waals surface area contributed by atoms with Gasteiger partial charge in [-0.05, 0) is 51.9 Å². The van der Waals surface area contributed by atoms with Crippen molar-refractivity contribution in [2.24, 2.45) is 0 Å². The molecule has 1 aromatic carbocycles. The lowest BCUT2D eigenvalue weighted by Gasteiger charge is -2.34. The van der Waals surface area contributed by atoms with Gasteiger partial charge in [-0.1, -0.05) is 6.07 Å². The SMILES string of the molecule is CC(C)Oc1cccc(N(C)C)c1CN(C(=O)O)C1CCNCC1. The highest BCUT2D eigenvalue weighted by molar-refractivity contribution is 5.67. The van der Waals surface area contributed by atoms with E-state index in [0.717, 1.165) is 42.9 Å². The molecule has 1 heterocycles. The fourth-order valence-electron chi connectivity index (χ4n) is 3.14. The standard InChI is InChI=1S/C18H29N3O3/c1-13(2)24-17-7-5-6-16(20(3)4)15(17)12-21(18(22)23)14-8-10-19-11-9-14/h5-7,13-14,19H,8-12H2,1-4H3,(H,22,23). The van der Waals surface area contributed by atoms with Gasteiger partial charge in [-0.15, -0.1) is 0 Å². The minimum Gasteiger partial charge on any atom is -0.491 e. The third kappa shape index (κ3) is 4.54. The fourth-order valence-corrected chi connectivity index (χ4v) is 3.14. The van der Waals surface area contributed by atoms with Gasteiger partial charge in [0.05, 0.1) is 12.6 Å². The van der Waals surface area contributed by atoms with Crippen LogP contribution < -0.4 is 15.0 Å². The van der Waals surface area contributed by atoms with Crippen LogP contribution in [0.4, 0.5) is 10.5 Å². The topological polar surface area (TPSA) is 65.0 Å². The smallest absolute Gasteiger partial charge is 0.407 e. The van der Waals surface area contributed by atoms with Gasteiger partial charge in [0.1, 0.15) is 5.75 Å². The van der Waals surface area contributed by atoms with E-state index in [-0.39, 0.29) is 12.1 Å². The average molecular weight is 335 g/mol. The van der Waals surface area contributed by atoms with E-state index in [0.29, 0.717) is 6.54 Å². The van der Waals surface area contributed by atoms with Crippen LogP contribution in [0.3, 0.4) is 0 Å². The van der Waals surface area contributed by atoms with Crippen molar-refractivity contribution in [2.45, 2.75) is 45.4 Å². The molecule has 1 amide bonds. The van der Waals surface area contributed by atoms with Crippen molar-refractivity contribution in [2.75, 3.05) is 32.1 Å². The molecule has 1 aromatic rings. The van der Waals surface area contributed by atoms with E-state index in [2.05, 4.69) is 5.32 Å². The number of piperidine rings is 1. The number of rotatable bonds is 6. The Kier molecular flexibility index (Phi) is 6.31. The van der Waals surface area contributed by atoms with E-state index >= 15 is 0 Å². The summed E-state index contributed by atoms with van der Waals surface area (Å²) in [5.74, 6) is 0.761. The lowest BCUT2D eigenvalue weighted by molar-refractivity contribution is 0.108.